The Balaban J connectivity index is 1.96. The SMILES string of the molecule is CCNC(=NCCS(=O)(=O)CC)NC(C)c1ccc(OCC2CC2)c(F)c1. The van der Waals surface area contributed by atoms with Crippen molar-refractivity contribution in [2.45, 2.75) is 39.7 Å². The van der Waals surface area contributed by atoms with Crippen molar-refractivity contribution in [3.63, 3.8) is 0 Å². The van der Waals surface area contributed by atoms with Crippen molar-refractivity contribution in [1.82, 2.24) is 10.6 Å². The lowest BCUT2D eigenvalue weighted by molar-refractivity contribution is 0.285. The van der Waals surface area contributed by atoms with Crippen molar-refractivity contribution in [3.05, 3.63) is 29.6 Å². The normalized spacial score (nSPS) is 16.1. The molecule has 0 amide bonds. The standard InChI is InChI=1S/C19H30FN3O3S/c1-4-21-19(22-10-11-27(24,25)5-2)23-14(3)16-8-9-18(17(20)12-16)26-13-15-6-7-15/h8-9,12,14-15H,4-7,10-11,13H2,1-3H3,(H2,21,22,23). The van der Waals surface area contributed by atoms with Crippen LogP contribution in [0, 0.1) is 11.7 Å². The van der Waals surface area contributed by atoms with E-state index >= 15 is 0 Å². The summed E-state index contributed by atoms with van der Waals surface area (Å²) in [6.45, 7) is 6.84. The van der Waals surface area contributed by atoms with Gasteiger partial charge in [0.05, 0.1) is 24.9 Å². The first-order valence-corrected chi connectivity index (χ1v) is 11.3. The van der Waals surface area contributed by atoms with Gasteiger partial charge in [0.2, 0.25) is 0 Å². The Hall–Kier alpha value is -1.83. The average Bonchev–Trinajstić information content (AvgIpc) is 3.45. The summed E-state index contributed by atoms with van der Waals surface area (Å²) in [6.07, 6.45) is 2.32. The fraction of sp³-hybridized carbons (Fsp3) is 0.632. The molecule has 152 valence electrons. The summed E-state index contributed by atoms with van der Waals surface area (Å²) in [4.78, 5) is 4.30. The van der Waals surface area contributed by atoms with E-state index in [-0.39, 0.29) is 35.7 Å². The summed E-state index contributed by atoms with van der Waals surface area (Å²) in [6, 6.07) is 4.75. The first kappa shape index (κ1) is 21.5. The lowest BCUT2D eigenvalue weighted by Gasteiger charge is -2.19. The first-order chi connectivity index (χ1) is 12.8. The summed E-state index contributed by atoms with van der Waals surface area (Å²) >= 11 is 0. The van der Waals surface area contributed by atoms with Gasteiger partial charge in [-0.05, 0) is 50.3 Å². The molecule has 2 rings (SSSR count). The number of guanidine groups is 1. The van der Waals surface area contributed by atoms with Gasteiger partial charge in [-0.1, -0.05) is 13.0 Å². The Morgan fingerprint density at radius 3 is 2.70 bits per heavy atom. The molecule has 0 aromatic heterocycles. The van der Waals surface area contributed by atoms with Crippen molar-refractivity contribution in [2.75, 3.05) is 31.2 Å². The van der Waals surface area contributed by atoms with Crippen LogP contribution >= 0.6 is 0 Å². The van der Waals surface area contributed by atoms with Crippen LogP contribution in [0.4, 0.5) is 4.39 Å². The van der Waals surface area contributed by atoms with E-state index in [9.17, 15) is 12.8 Å². The number of ether oxygens (including phenoxy) is 1. The Morgan fingerprint density at radius 1 is 1.37 bits per heavy atom. The zero-order valence-corrected chi connectivity index (χ0v) is 17.1. The molecular formula is C19H30FN3O3S. The zero-order chi connectivity index (χ0) is 19.9. The number of sulfone groups is 1. The molecule has 2 N–H and O–H groups in total. The largest absolute Gasteiger partial charge is 0.490 e. The highest BCUT2D eigenvalue weighted by Crippen LogP contribution is 2.30. The number of nitrogens with one attached hydrogen (secondary N) is 2. The molecule has 1 aliphatic carbocycles. The number of hydrogen-bond donors (Lipinski definition) is 2. The van der Waals surface area contributed by atoms with Crippen molar-refractivity contribution in [3.8, 4) is 5.75 Å². The number of nitrogens with zero attached hydrogens (tertiary/aromatic N) is 1. The van der Waals surface area contributed by atoms with Crippen LogP contribution in [0.2, 0.25) is 0 Å². The van der Waals surface area contributed by atoms with Crippen LogP contribution in [-0.2, 0) is 9.84 Å². The van der Waals surface area contributed by atoms with E-state index in [4.69, 9.17) is 4.74 Å². The molecular weight excluding hydrogens is 369 g/mol. The molecule has 6 nitrogen and oxygen atoms in total. The van der Waals surface area contributed by atoms with Gasteiger partial charge in [0.25, 0.3) is 0 Å². The second kappa shape index (κ2) is 9.92. The van der Waals surface area contributed by atoms with E-state index in [1.165, 1.54) is 6.07 Å². The van der Waals surface area contributed by atoms with E-state index < -0.39 is 9.84 Å². The highest BCUT2D eigenvalue weighted by molar-refractivity contribution is 7.91. The van der Waals surface area contributed by atoms with Gasteiger partial charge >= 0.3 is 0 Å². The molecule has 1 saturated carbocycles. The predicted molar refractivity (Wildman–Crippen MR) is 106 cm³/mol. The van der Waals surface area contributed by atoms with Crippen LogP contribution in [0.5, 0.6) is 5.75 Å². The van der Waals surface area contributed by atoms with E-state index in [2.05, 4.69) is 15.6 Å². The van der Waals surface area contributed by atoms with Gasteiger partial charge in [0, 0.05) is 12.3 Å². The molecule has 0 bridgehead atoms. The lowest BCUT2D eigenvalue weighted by Crippen LogP contribution is -2.39. The molecule has 1 aliphatic rings. The quantitative estimate of drug-likeness (QED) is 0.467. The second-order valence-electron chi connectivity index (χ2n) is 6.81. The molecule has 0 spiro atoms. The molecule has 1 aromatic carbocycles. The number of hydrogen-bond acceptors (Lipinski definition) is 4. The summed E-state index contributed by atoms with van der Waals surface area (Å²) in [5.74, 6) is 1.10. The summed E-state index contributed by atoms with van der Waals surface area (Å²) in [5.41, 5.74) is 0.762. The maximum absolute atomic E-state index is 14.3. The summed E-state index contributed by atoms with van der Waals surface area (Å²) in [7, 11) is -3.05. The van der Waals surface area contributed by atoms with Gasteiger partial charge in [0.15, 0.2) is 27.4 Å². The Morgan fingerprint density at radius 2 is 2.11 bits per heavy atom. The van der Waals surface area contributed by atoms with Gasteiger partial charge in [-0.15, -0.1) is 0 Å². The van der Waals surface area contributed by atoms with Crippen molar-refractivity contribution >= 4 is 15.8 Å². The third kappa shape index (κ3) is 7.36. The van der Waals surface area contributed by atoms with E-state index in [0.29, 0.717) is 25.0 Å². The molecule has 27 heavy (non-hydrogen) atoms. The maximum Gasteiger partial charge on any atom is 0.191 e. The highest BCUT2D eigenvalue weighted by Gasteiger charge is 2.22. The van der Waals surface area contributed by atoms with Gasteiger partial charge in [-0.3, -0.25) is 4.99 Å². The molecule has 0 heterocycles. The van der Waals surface area contributed by atoms with Gasteiger partial charge in [-0.2, -0.15) is 0 Å². The highest BCUT2D eigenvalue weighted by atomic mass is 32.2. The third-order valence-electron chi connectivity index (χ3n) is 4.44. The van der Waals surface area contributed by atoms with Crippen LogP contribution in [0.1, 0.15) is 45.2 Å². The fourth-order valence-electron chi connectivity index (χ4n) is 2.44. The monoisotopic (exact) mass is 399 g/mol. The molecule has 1 atom stereocenters. The minimum absolute atomic E-state index is 0.0100. The number of rotatable bonds is 10. The lowest BCUT2D eigenvalue weighted by atomic mass is 10.1. The van der Waals surface area contributed by atoms with Crippen LogP contribution < -0.4 is 15.4 Å². The zero-order valence-electron chi connectivity index (χ0n) is 16.3. The molecule has 1 aromatic rings. The van der Waals surface area contributed by atoms with Gasteiger partial charge in [-0.25, -0.2) is 12.8 Å². The van der Waals surface area contributed by atoms with E-state index in [1.54, 1.807) is 13.0 Å². The van der Waals surface area contributed by atoms with Crippen LogP contribution in [0.15, 0.2) is 23.2 Å². The van der Waals surface area contributed by atoms with Crippen LogP contribution in [0.25, 0.3) is 0 Å². The van der Waals surface area contributed by atoms with Crippen molar-refractivity contribution in [1.29, 1.82) is 0 Å². The molecule has 0 radical (unpaired) electrons. The Labute approximate surface area is 161 Å². The smallest absolute Gasteiger partial charge is 0.191 e. The third-order valence-corrected chi connectivity index (χ3v) is 6.12. The summed E-state index contributed by atoms with van der Waals surface area (Å²) < 4.78 is 43.0. The number of benzene rings is 1. The van der Waals surface area contributed by atoms with Gasteiger partial charge in [0.1, 0.15) is 0 Å². The Kier molecular flexibility index (Phi) is 7.89. The predicted octanol–water partition coefficient (Wildman–Crippen LogP) is 2.67. The van der Waals surface area contributed by atoms with E-state index in [1.807, 2.05) is 19.9 Å². The second-order valence-corrected chi connectivity index (χ2v) is 9.28. The average molecular weight is 400 g/mol. The summed E-state index contributed by atoms with van der Waals surface area (Å²) in [5, 5.41) is 6.26. The minimum Gasteiger partial charge on any atom is -0.490 e. The first-order valence-electron chi connectivity index (χ1n) is 9.52. The molecule has 8 heteroatoms. The van der Waals surface area contributed by atoms with Crippen molar-refractivity contribution in [2.24, 2.45) is 10.9 Å². The molecule has 0 saturated heterocycles. The topological polar surface area (TPSA) is 79.8 Å². The fourth-order valence-corrected chi connectivity index (χ4v) is 3.10. The van der Waals surface area contributed by atoms with Crippen LogP contribution in [-0.4, -0.2) is 45.6 Å². The minimum atomic E-state index is -3.05. The Bertz CT molecular complexity index is 749. The number of halogens is 1. The number of aliphatic imine (C=N–C) groups is 1. The molecule has 1 unspecified atom stereocenters. The van der Waals surface area contributed by atoms with Crippen LogP contribution in [0.3, 0.4) is 0 Å². The maximum atomic E-state index is 14.3. The van der Waals surface area contributed by atoms with Gasteiger partial charge < -0.3 is 15.4 Å². The van der Waals surface area contributed by atoms with Crippen molar-refractivity contribution < 1.29 is 17.5 Å². The van der Waals surface area contributed by atoms with E-state index in [0.717, 1.165) is 18.4 Å². The molecule has 0 aliphatic heterocycles. The molecule has 1 fully saturated rings.